The van der Waals surface area contributed by atoms with E-state index in [0.29, 0.717) is 0 Å². The number of nitrogens with zero attached hydrogens (tertiary/aromatic N) is 4. The Kier molecular flexibility index (Phi) is 4.47. The van der Waals surface area contributed by atoms with Crippen molar-refractivity contribution in [1.29, 1.82) is 0 Å². The average Bonchev–Trinajstić information content (AvgIpc) is 3.11. The predicted octanol–water partition coefficient (Wildman–Crippen LogP) is 3.11. The van der Waals surface area contributed by atoms with Crippen LogP contribution >= 0.6 is 0 Å². The molecule has 0 saturated carbocycles. The normalized spacial score (nSPS) is 19.6. The molecule has 26 heavy (non-hydrogen) atoms. The SMILES string of the molecule is CC(C(=O)N1CCN(C)CC1c1ccccc1)n1cnc2ccccc21. The molecule has 2 atom stereocenters. The van der Waals surface area contributed by atoms with Gasteiger partial charge in [-0.15, -0.1) is 0 Å². The van der Waals surface area contributed by atoms with Crippen LogP contribution in [0.15, 0.2) is 60.9 Å². The van der Waals surface area contributed by atoms with Gasteiger partial charge in [0.1, 0.15) is 6.04 Å². The van der Waals surface area contributed by atoms with E-state index >= 15 is 0 Å². The van der Waals surface area contributed by atoms with E-state index in [-0.39, 0.29) is 18.0 Å². The van der Waals surface area contributed by atoms with E-state index in [2.05, 4.69) is 29.1 Å². The van der Waals surface area contributed by atoms with E-state index in [0.717, 1.165) is 30.7 Å². The predicted molar refractivity (Wildman–Crippen MR) is 103 cm³/mol. The molecule has 2 aromatic carbocycles. The summed E-state index contributed by atoms with van der Waals surface area (Å²) in [5.74, 6) is 0.148. The lowest BCUT2D eigenvalue weighted by Gasteiger charge is -2.41. The second kappa shape index (κ2) is 6.92. The number of imidazole rings is 1. The lowest BCUT2D eigenvalue weighted by Crippen LogP contribution is -2.50. The Morgan fingerprint density at radius 3 is 2.62 bits per heavy atom. The van der Waals surface area contributed by atoms with Crippen LogP contribution in [-0.4, -0.2) is 51.9 Å². The number of carbonyl (C=O) groups excluding carboxylic acids is 1. The van der Waals surface area contributed by atoms with Gasteiger partial charge in [0.15, 0.2) is 0 Å². The molecule has 1 aliphatic rings. The van der Waals surface area contributed by atoms with Crippen molar-refractivity contribution < 1.29 is 4.79 Å². The van der Waals surface area contributed by atoms with E-state index in [9.17, 15) is 4.79 Å². The molecule has 3 aromatic rings. The summed E-state index contributed by atoms with van der Waals surface area (Å²) >= 11 is 0. The summed E-state index contributed by atoms with van der Waals surface area (Å²) in [5.41, 5.74) is 3.11. The first-order valence-electron chi connectivity index (χ1n) is 9.10. The van der Waals surface area contributed by atoms with Crippen LogP contribution in [0.4, 0.5) is 0 Å². The van der Waals surface area contributed by atoms with Crippen molar-refractivity contribution >= 4 is 16.9 Å². The lowest BCUT2D eigenvalue weighted by molar-refractivity contribution is -0.139. The molecule has 0 bridgehead atoms. The molecule has 1 amide bonds. The van der Waals surface area contributed by atoms with Crippen LogP contribution in [0.5, 0.6) is 0 Å². The molecule has 0 N–H and O–H groups in total. The maximum atomic E-state index is 13.4. The van der Waals surface area contributed by atoms with Gasteiger partial charge < -0.3 is 14.4 Å². The fraction of sp³-hybridized carbons (Fsp3) is 0.333. The van der Waals surface area contributed by atoms with E-state index in [1.54, 1.807) is 6.33 Å². The maximum Gasteiger partial charge on any atom is 0.246 e. The number of hydrogen-bond acceptors (Lipinski definition) is 3. The number of carbonyl (C=O) groups is 1. The van der Waals surface area contributed by atoms with Gasteiger partial charge in [-0.2, -0.15) is 0 Å². The molecular formula is C21H24N4O. The van der Waals surface area contributed by atoms with Gasteiger partial charge in [0.25, 0.3) is 0 Å². The number of para-hydroxylation sites is 2. The number of fused-ring (bicyclic) bond motifs is 1. The molecular weight excluding hydrogens is 324 g/mol. The van der Waals surface area contributed by atoms with Crippen molar-refractivity contribution in [2.24, 2.45) is 0 Å². The van der Waals surface area contributed by atoms with Gasteiger partial charge in [-0.05, 0) is 31.7 Å². The van der Waals surface area contributed by atoms with Crippen molar-refractivity contribution in [2.45, 2.75) is 19.0 Å². The number of rotatable bonds is 3. The van der Waals surface area contributed by atoms with E-state index in [1.165, 1.54) is 5.56 Å². The first-order chi connectivity index (χ1) is 12.6. The van der Waals surface area contributed by atoms with Crippen LogP contribution in [0.2, 0.25) is 0 Å². The monoisotopic (exact) mass is 348 g/mol. The molecule has 5 heteroatoms. The van der Waals surface area contributed by atoms with Gasteiger partial charge in [0.05, 0.1) is 23.4 Å². The standard InChI is InChI=1S/C21H24N4O/c1-16(25-15-22-18-10-6-7-11-19(18)25)21(26)24-13-12-23(2)14-20(24)17-8-4-3-5-9-17/h3-11,15-16,20H,12-14H2,1-2H3. The number of benzene rings is 2. The van der Waals surface area contributed by atoms with Crippen LogP contribution in [0.25, 0.3) is 11.0 Å². The molecule has 0 aliphatic carbocycles. The van der Waals surface area contributed by atoms with Gasteiger partial charge in [-0.1, -0.05) is 42.5 Å². The number of likely N-dealkylation sites (N-methyl/N-ethyl adjacent to an activating group) is 1. The smallest absolute Gasteiger partial charge is 0.246 e. The summed E-state index contributed by atoms with van der Waals surface area (Å²) in [6.45, 7) is 4.46. The van der Waals surface area contributed by atoms with Gasteiger partial charge in [-0.25, -0.2) is 4.98 Å². The second-order valence-corrected chi connectivity index (χ2v) is 7.04. The molecule has 134 valence electrons. The van der Waals surface area contributed by atoms with Crippen molar-refractivity contribution in [1.82, 2.24) is 19.4 Å². The highest BCUT2D eigenvalue weighted by Gasteiger charge is 2.33. The molecule has 1 aromatic heterocycles. The minimum absolute atomic E-state index is 0.0830. The van der Waals surface area contributed by atoms with Crippen LogP contribution in [0, 0.1) is 0 Å². The molecule has 1 aliphatic heterocycles. The van der Waals surface area contributed by atoms with Crippen molar-refractivity contribution in [3.05, 3.63) is 66.5 Å². The maximum absolute atomic E-state index is 13.4. The Labute approximate surface area is 153 Å². The Bertz CT molecular complexity index is 905. The van der Waals surface area contributed by atoms with Crippen LogP contribution < -0.4 is 0 Å². The van der Waals surface area contributed by atoms with Gasteiger partial charge in [-0.3, -0.25) is 4.79 Å². The third kappa shape index (κ3) is 2.99. The first-order valence-corrected chi connectivity index (χ1v) is 9.10. The van der Waals surface area contributed by atoms with Crippen molar-refractivity contribution in [2.75, 3.05) is 26.7 Å². The zero-order chi connectivity index (χ0) is 18.1. The van der Waals surface area contributed by atoms with Crippen molar-refractivity contribution in [3.8, 4) is 0 Å². The Hall–Kier alpha value is -2.66. The Balaban J connectivity index is 1.65. The Morgan fingerprint density at radius 1 is 1.08 bits per heavy atom. The highest BCUT2D eigenvalue weighted by molar-refractivity contribution is 5.84. The topological polar surface area (TPSA) is 41.4 Å². The Morgan fingerprint density at radius 2 is 1.81 bits per heavy atom. The average molecular weight is 348 g/mol. The van der Waals surface area contributed by atoms with Gasteiger partial charge >= 0.3 is 0 Å². The summed E-state index contributed by atoms with van der Waals surface area (Å²) in [6.07, 6.45) is 1.78. The molecule has 5 nitrogen and oxygen atoms in total. The summed E-state index contributed by atoms with van der Waals surface area (Å²) in [4.78, 5) is 22.2. The highest BCUT2D eigenvalue weighted by atomic mass is 16.2. The van der Waals surface area contributed by atoms with E-state index in [1.807, 2.05) is 58.9 Å². The first kappa shape index (κ1) is 16.8. The van der Waals surface area contributed by atoms with E-state index < -0.39 is 0 Å². The minimum Gasteiger partial charge on any atom is -0.331 e. The van der Waals surface area contributed by atoms with Gasteiger partial charge in [0.2, 0.25) is 5.91 Å². The number of piperazine rings is 1. The molecule has 0 spiro atoms. The summed E-state index contributed by atoms with van der Waals surface area (Å²) in [6, 6.07) is 18.1. The zero-order valence-corrected chi connectivity index (χ0v) is 15.2. The summed E-state index contributed by atoms with van der Waals surface area (Å²) in [7, 11) is 2.12. The van der Waals surface area contributed by atoms with Crippen molar-refractivity contribution in [3.63, 3.8) is 0 Å². The number of aromatic nitrogens is 2. The highest BCUT2D eigenvalue weighted by Crippen LogP contribution is 2.28. The second-order valence-electron chi connectivity index (χ2n) is 7.04. The third-order valence-corrected chi connectivity index (χ3v) is 5.31. The largest absolute Gasteiger partial charge is 0.331 e. The van der Waals surface area contributed by atoms with Gasteiger partial charge in [0, 0.05) is 19.6 Å². The number of amides is 1. The number of hydrogen-bond donors (Lipinski definition) is 0. The zero-order valence-electron chi connectivity index (χ0n) is 15.2. The molecule has 0 radical (unpaired) electrons. The molecule has 2 unspecified atom stereocenters. The summed E-state index contributed by atoms with van der Waals surface area (Å²) in [5, 5.41) is 0. The fourth-order valence-electron chi connectivity index (χ4n) is 3.79. The minimum atomic E-state index is -0.281. The molecule has 1 fully saturated rings. The third-order valence-electron chi connectivity index (χ3n) is 5.31. The molecule has 4 rings (SSSR count). The quantitative estimate of drug-likeness (QED) is 0.730. The molecule has 2 heterocycles. The summed E-state index contributed by atoms with van der Waals surface area (Å²) < 4.78 is 1.98. The lowest BCUT2D eigenvalue weighted by atomic mass is 10.0. The fourth-order valence-corrected chi connectivity index (χ4v) is 3.79. The van der Waals surface area contributed by atoms with Crippen LogP contribution in [0.3, 0.4) is 0 Å². The van der Waals surface area contributed by atoms with E-state index in [4.69, 9.17) is 0 Å². The van der Waals surface area contributed by atoms with Crippen LogP contribution in [-0.2, 0) is 4.79 Å². The van der Waals surface area contributed by atoms with Crippen LogP contribution in [0.1, 0.15) is 24.6 Å². The molecule has 1 saturated heterocycles.